The van der Waals surface area contributed by atoms with Gasteiger partial charge in [0, 0.05) is 6.07 Å². The Morgan fingerprint density at radius 1 is 1.11 bits per heavy atom. The van der Waals surface area contributed by atoms with Gasteiger partial charge in [-0.1, -0.05) is 12.1 Å². The summed E-state index contributed by atoms with van der Waals surface area (Å²) in [6.07, 6.45) is 0. The number of rotatable bonds is 4. The van der Waals surface area contributed by atoms with Crippen molar-refractivity contribution >= 4 is 0 Å². The molecule has 0 atom stereocenters. The summed E-state index contributed by atoms with van der Waals surface area (Å²) in [5.74, 6) is 1.85. The van der Waals surface area contributed by atoms with Crippen LogP contribution in [0.25, 0.3) is 0 Å². The average Bonchev–Trinajstić information content (AvgIpc) is 2.36. The van der Waals surface area contributed by atoms with Gasteiger partial charge >= 0.3 is 5.63 Å². The summed E-state index contributed by atoms with van der Waals surface area (Å²) in [5, 5.41) is 0. The van der Waals surface area contributed by atoms with Crippen LogP contribution < -0.4 is 15.1 Å². The third-order valence-electron chi connectivity index (χ3n) is 2.43. The fourth-order valence-corrected chi connectivity index (χ4v) is 1.55. The molecule has 1 aromatic heterocycles. The SMILES string of the molecule is COc1ccc(COc2cc(C)oc(=O)c2)cc1. The van der Waals surface area contributed by atoms with Crippen LogP contribution in [0, 0.1) is 6.92 Å². The van der Waals surface area contributed by atoms with E-state index in [2.05, 4.69) is 0 Å². The molecule has 0 spiro atoms. The molecule has 0 N–H and O–H groups in total. The predicted molar refractivity (Wildman–Crippen MR) is 67.0 cm³/mol. The molecule has 94 valence electrons. The van der Waals surface area contributed by atoms with E-state index in [0.717, 1.165) is 11.3 Å². The highest BCUT2D eigenvalue weighted by molar-refractivity contribution is 5.27. The normalized spacial score (nSPS) is 10.1. The minimum Gasteiger partial charge on any atom is -0.497 e. The van der Waals surface area contributed by atoms with Crippen LogP contribution in [0.15, 0.2) is 45.6 Å². The summed E-state index contributed by atoms with van der Waals surface area (Å²) in [6, 6.07) is 10.6. The van der Waals surface area contributed by atoms with Gasteiger partial charge in [0.1, 0.15) is 23.9 Å². The van der Waals surface area contributed by atoms with Crippen LogP contribution in [0.4, 0.5) is 0 Å². The van der Waals surface area contributed by atoms with Crippen molar-refractivity contribution in [3.8, 4) is 11.5 Å². The smallest absolute Gasteiger partial charge is 0.339 e. The van der Waals surface area contributed by atoms with E-state index in [-0.39, 0.29) is 0 Å². The van der Waals surface area contributed by atoms with Crippen molar-refractivity contribution < 1.29 is 13.9 Å². The highest BCUT2D eigenvalue weighted by Crippen LogP contribution is 2.15. The standard InChI is InChI=1S/C14H14O4/c1-10-7-13(8-14(15)18-10)17-9-11-3-5-12(16-2)6-4-11/h3-8H,9H2,1-2H3. The van der Waals surface area contributed by atoms with Gasteiger partial charge in [-0.25, -0.2) is 4.79 Å². The maximum absolute atomic E-state index is 11.1. The minimum atomic E-state index is -0.403. The molecule has 1 heterocycles. The van der Waals surface area contributed by atoms with E-state index in [0.29, 0.717) is 18.1 Å². The first kappa shape index (κ1) is 12.2. The van der Waals surface area contributed by atoms with Crippen LogP contribution in [-0.2, 0) is 6.61 Å². The maximum atomic E-state index is 11.1. The third kappa shape index (κ3) is 3.13. The largest absolute Gasteiger partial charge is 0.497 e. The van der Waals surface area contributed by atoms with Crippen molar-refractivity contribution in [1.29, 1.82) is 0 Å². The first-order valence-corrected chi connectivity index (χ1v) is 5.55. The molecule has 0 saturated carbocycles. The molecule has 4 heteroatoms. The van der Waals surface area contributed by atoms with Crippen LogP contribution in [0.1, 0.15) is 11.3 Å². The Hall–Kier alpha value is -2.23. The zero-order valence-electron chi connectivity index (χ0n) is 10.3. The van der Waals surface area contributed by atoms with Gasteiger partial charge < -0.3 is 13.9 Å². The Morgan fingerprint density at radius 3 is 2.44 bits per heavy atom. The number of hydrogen-bond acceptors (Lipinski definition) is 4. The predicted octanol–water partition coefficient (Wildman–Crippen LogP) is 2.54. The second-order valence-corrected chi connectivity index (χ2v) is 3.86. The number of benzene rings is 1. The van der Waals surface area contributed by atoms with Crippen LogP contribution in [-0.4, -0.2) is 7.11 Å². The molecular weight excluding hydrogens is 232 g/mol. The van der Waals surface area contributed by atoms with E-state index in [1.54, 1.807) is 20.1 Å². The summed E-state index contributed by atoms with van der Waals surface area (Å²) in [5.41, 5.74) is 0.599. The van der Waals surface area contributed by atoms with Crippen molar-refractivity contribution in [2.75, 3.05) is 7.11 Å². The molecule has 2 rings (SSSR count). The monoisotopic (exact) mass is 246 g/mol. The molecule has 0 bridgehead atoms. The molecule has 0 amide bonds. The average molecular weight is 246 g/mol. The number of methoxy groups -OCH3 is 1. The van der Waals surface area contributed by atoms with E-state index >= 15 is 0 Å². The van der Waals surface area contributed by atoms with Crippen LogP contribution in [0.5, 0.6) is 11.5 Å². The fourth-order valence-electron chi connectivity index (χ4n) is 1.55. The summed E-state index contributed by atoms with van der Waals surface area (Å²) in [6.45, 7) is 2.11. The molecule has 0 radical (unpaired) electrons. The van der Waals surface area contributed by atoms with Gasteiger partial charge in [-0.15, -0.1) is 0 Å². The van der Waals surface area contributed by atoms with Gasteiger partial charge in [0.2, 0.25) is 0 Å². The van der Waals surface area contributed by atoms with Crippen molar-refractivity contribution in [1.82, 2.24) is 0 Å². The molecule has 1 aromatic carbocycles. The molecule has 18 heavy (non-hydrogen) atoms. The third-order valence-corrected chi connectivity index (χ3v) is 2.43. The van der Waals surface area contributed by atoms with Gasteiger partial charge in [0.15, 0.2) is 0 Å². The zero-order chi connectivity index (χ0) is 13.0. The number of ether oxygens (including phenoxy) is 2. The van der Waals surface area contributed by atoms with Crippen molar-refractivity contribution in [2.45, 2.75) is 13.5 Å². The van der Waals surface area contributed by atoms with E-state index in [4.69, 9.17) is 13.9 Å². The quantitative estimate of drug-likeness (QED) is 0.831. The second kappa shape index (κ2) is 5.40. The molecule has 0 fully saturated rings. The second-order valence-electron chi connectivity index (χ2n) is 3.86. The Labute approximate surface area is 105 Å². The Bertz CT molecular complexity index is 569. The fraction of sp³-hybridized carbons (Fsp3) is 0.214. The summed E-state index contributed by atoms with van der Waals surface area (Å²) in [7, 11) is 1.62. The number of aryl methyl sites for hydroxylation is 1. The number of hydrogen-bond donors (Lipinski definition) is 0. The van der Waals surface area contributed by atoms with Crippen molar-refractivity contribution in [2.24, 2.45) is 0 Å². The Kier molecular flexibility index (Phi) is 3.67. The van der Waals surface area contributed by atoms with E-state index in [1.807, 2.05) is 24.3 Å². The van der Waals surface area contributed by atoms with Crippen LogP contribution in [0.2, 0.25) is 0 Å². The molecule has 0 aliphatic heterocycles. The molecular formula is C14H14O4. The van der Waals surface area contributed by atoms with Gasteiger partial charge in [0.05, 0.1) is 13.2 Å². The maximum Gasteiger partial charge on any atom is 0.339 e. The lowest BCUT2D eigenvalue weighted by molar-refractivity contribution is 0.300. The van der Waals surface area contributed by atoms with Crippen LogP contribution >= 0.6 is 0 Å². The van der Waals surface area contributed by atoms with Crippen molar-refractivity contribution in [3.05, 3.63) is 58.1 Å². The summed E-state index contributed by atoms with van der Waals surface area (Å²) < 4.78 is 15.4. The molecule has 0 saturated heterocycles. The molecule has 0 unspecified atom stereocenters. The van der Waals surface area contributed by atoms with E-state index in [1.165, 1.54) is 6.07 Å². The van der Waals surface area contributed by atoms with Crippen molar-refractivity contribution in [3.63, 3.8) is 0 Å². The zero-order valence-corrected chi connectivity index (χ0v) is 10.3. The lowest BCUT2D eigenvalue weighted by atomic mass is 10.2. The molecule has 0 aliphatic rings. The lowest BCUT2D eigenvalue weighted by Crippen LogP contribution is -2.02. The van der Waals surface area contributed by atoms with E-state index < -0.39 is 5.63 Å². The van der Waals surface area contributed by atoms with Gasteiger partial charge in [-0.2, -0.15) is 0 Å². The molecule has 4 nitrogen and oxygen atoms in total. The van der Waals surface area contributed by atoms with E-state index in [9.17, 15) is 4.79 Å². The van der Waals surface area contributed by atoms with Gasteiger partial charge in [0.25, 0.3) is 0 Å². The van der Waals surface area contributed by atoms with Crippen LogP contribution in [0.3, 0.4) is 0 Å². The summed E-state index contributed by atoms with van der Waals surface area (Å²) in [4.78, 5) is 11.1. The first-order valence-electron chi connectivity index (χ1n) is 5.55. The first-order chi connectivity index (χ1) is 8.67. The minimum absolute atomic E-state index is 0.396. The Balaban J connectivity index is 2.04. The molecule has 2 aromatic rings. The van der Waals surface area contributed by atoms with Gasteiger partial charge in [-0.3, -0.25) is 0 Å². The molecule has 0 aliphatic carbocycles. The topological polar surface area (TPSA) is 48.7 Å². The highest BCUT2D eigenvalue weighted by Gasteiger charge is 2.00. The highest BCUT2D eigenvalue weighted by atomic mass is 16.5. The summed E-state index contributed by atoms with van der Waals surface area (Å²) >= 11 is 0. The van der Waals surface area contributed by atoms with Gasteiger partial charge in [-0.05, 0) is 24.6 Å². The Morgan fingerprint density at radius 2 is 1.83 bits per heavy atom. The lowest BCUT2D eigenvalue weighted by Gasteiger charge is -2.06.